The maximum absolute atomic E-state index is 8.36. The van der Waals surface area contributed by atoms with E-state index in [1.54, 1.807) is 0 Å². The molecular formula is H3N2NaO6Zn. The van der Waals surface area contributed by atoms with Gasteiger partial charge in [0.05, 0.1) is 0 Å². The van der Waals surface area contributed by atoms with Gasteiger partial charge >= 0.3 is 29.6 Å². The number of rotatable bonds is 0. The van der Waals surface area contributed by atoms with Crippen molar-refractivity contribution in [1.29, 1.82) is 0 Å². The Kier molecular flexibility index (Phi) is 36.0. The summed E-state index contributed by atoms with van der Waals surface area (Å²) in [4.78, 5) is 16.7. The first kappa shape index (κ1) is 22.5. The van der Waals surface area contributed by atoms with Crippen molar-refractivity contribution in [3.05, 3.63) is 20.2 Å². The first-order valence-electron chi connectivity index (χ1n) is 1.13. The van der Waals surface area contributed by atoms with Gasteiger partial charge in [0.15, 0.2) is 0 Å². The van der Waals surface area contributed by atoms with Crippen LogP contribution >= 0.6 is 0 Å². The molecule has 0 aromatic rings. The minimum absolute atomic E-state index is 0. The summed E-state index contributed by atoms with van der Waals surface area (Å²) in [7, 11) is 0. The van der Waals surface area contributed by atoms with Crippen LogP contribution in [0.25, 0.3) is 0 Å². The summed E-state index contributed by atoms with van der Waals surface area (Å²) in [6, 6.07) is 0. The molecule has 0 spiro atoms. The normalized spacial score (nSPS) is 4.80. The molecule has 0 saturated carbocycles. The molecule has 0 aliphatic rings. The molecule has 0 bridgehead atoms. The zero-order valence-electron chi connectivity index (χ0n) is 6.13. The fourth-order valence-corrected chi connectivity index (χ4v) is 0. The van der Waals surface area contributed by atoms with Crippen LogP contribution in [-0.4, -0.2) is 20.6 Å². The van der Waals surface area contributed by atoms with Crippen molar-refractivity contribution in [2.75, 3.05) is 0 Å². The van der Waals surface area contributed by atoms with E-state index in [2.05, 4.69) is 0 Å². The minimum atomic E-state index is -1.50. The third kappa shape index (κ3) is 724000. The van der Waals surface area contributed by atoms with E-state index in [1.165, 1.54) is 0 Å². The van der Waals surface area contributed by atoms with Crippen LogP contribution in [0.1, 0.15) is 1.43 Å². The molecule has 2 N–H and O–H groups in total. The van der Waals surface area contributed by atoms with Crippen molar-refractivity contribution in [3.63, 3.8) is 0 Å². The van der Waals surface area contributed by atoms with Crippen molar-refractivity contribution in [2.24, 2.45) is 0 Å². The van der Waals surface area contributed by atoms with Gasteiger partial charge in [-0.25, -0.2) is 0 Å². The molecule has 10 heteroatoms. The van der Waals surface area contributed by atoms with Gasteiger partial charge in [-0.05, 0) is 0 Å². The molecule has 0 atom stereocenters. The van der Waals surface area contributed by atoms with E-state index in [0.717, 1.165) is 0 Å². The second-order valence-corrected chi connectivity index (χ2v) is 0.476. The second-order valence-electron chi connectivity index (χ2n) is 0.476. The van der Waals surface area contributed by atoms with Crippen molar-refractivity contribution in [1.82, 2.24) is 0 Å². The number of nitrogens with zero attached hydrogens (tertiary/aromatic N) is 2. The average Bonchev–Trinajstić information content (AvgIpc) is 1.25. The van der Waals surface area contributed by atoms with Crippen LogP contribution < -0.4 is 29.6 Å². The zero-order valence-corrected chi connectivity index (χ0v) is 10.1. The fourth-order valence-electron chi connectivity index (χ4n) is 0. The Hall–Kier alpha value is 0.0234. The average molecular weight is 215 g/mol. The molecule has 0 heterocycles. The Bertz CT molecular complexity index is 78.6. The third-order valence-electron chi connectivity index (χ3n) is 0. The van der Waals surface area contributed by atoms with Crippen LogP contribution in [0.3, 0.4) is 0 Å². The summed E-state index contributed by atoms with van der Waals surface area (Å²) in [6.07, 6.45) is 0. The van der Waals surface area contributed by atoms with Gasteiger partial charge in [-0.2, -0.15) is 0 Å². The molecule has 8 nitrogen and oxygen atoms in total. The van der Waals surface area contributed by atoms with Crippen LogP contribution in [0.5, 0.6) is 0 Å². The van der Waals surface area contributed by atoms with Crippen molar-refractivity contribution < 1.29 is 71.0 Å². The Morgan fingerprint density at radius 3 is 1.10 bits per heavy atom. The van der Waals surface area contributed by atoms with Crippen molar-refractivity contribution >= 4 is 0 Å². The summed E-state index contributed by atoms with van der Waals surface area (Å²) in [6.45, 7) is 0. The Balaban J connectivity index is -0.0000000171. The van der Waals surface area contributed by atoms with Gasteiger partial charge in [0.25, 0.3) is 10.2 Å². The molecule has 0 aromatic carbocycles. The van der Waals surface area contributed by atoms with Gasteiger partial charge in [0, 0.05) is 19.5 Å². The van der Waals surface area contributed by atoms with Crippen LogP contribution in [0, 0.1) is 20.2 Å². The zero-order chi connectivity index (χ0) is 7.15. The number of hydrogen-bond donors (Lipinski definition) is 2. The van der Waals surface area contributed by atoms with E-state index in [1.807, 2.05) is 0 Å². The van der Waals surface area contributed by atoms with Crippen LogP contribution in [0.4, 0.5) is 0 Å². The van der Waals surface area contributed by atoms with Gasteiger partial charge in [0.2, 0.25) is 0 Å². The van der Waals surface area contributed by atoms with Gasteiger partial charge in [0.1, 0.15) is 0 Å². The molecule has 0 unspecified atom stereocenters. The summed E-state index contributed by atoms with van der Waals surface area (Å²) in [5.41, 5.74) is 0. The number of hydrogen-bond acceptors (Lipinski definition) is 4. The molecule has 10 heavy (non-hydrogen) atoms. The van der Waals surface area contributed by atoms with Gasteiger partial charge in [-0.1, -0.05) is 0 Å². The van der Waals surface area contributed by atoms with Gasteiger partial charge in [-0.3, -0.25) is 0 Å². The first-order valence-corrected chi connectivity index (χ1v) is 1.13. The van der Waals surface area contributed by atoms with E-state index in [0.29, 0.717) is 0 Å². The second kappa shape index (κ2) is 16.0. The van der Waals surface area contributed by atoms with E-state index in [9.17, 15) is 0 Å². The van der Waals surface area contributed by atoms with E-state index >= 15 is 0 Å². The smallest absolute Gasteiger partial charge is 1.00 e. The maximum Gasteiger partial charge on any atom is 1.00 e. The predicted octanol–water partition coefficient (Wildman–Crippen LogP) is -3.58. The summed E-state index contributed by atoms with van der Waals surface area (Å²) in [5, 5.41) is 27.3. The maximum atomic E-state index is 8.36. The largest absolute Gasteiger partial charge is 1.00 e. The molecule has 0 aromatic heterocycles. The molecule has 0 radical (unpaired) electrons. The predicted molar refractivity (Wildman–Crippen MR) is 18.7 cm³/mol. The molecule has 0 amide bonds. The molecule has 0 fully saturated rings. The molecule has 0 rings (SSSR count). The SMILES string of the molecule is O=[N+]([O-])O.O=[N+]([O-])O.[H-].[Na+].[Zn]. The van der Waals surface area contributed by atoms with Crippen molar-refractivity contribution in [3.8, 4) is 0 Å². The minimum Gasteiger partial charge on any atom is -1.00 e. The molecule has 0 saturated heterocycles. The summed E-state index contributed by atoms with van der Waals surface area (Å²) < 4.78 is 0. The van der Waals surface area contributed by atoms with E-state index in [4.69, 9.17) is 30.6 Å². The monoisotopic (exact) mass is 214 g/mol. The molecule has 0 aliphatic heterocycles. The molecule has 0 aliphatic carbocycles. The Morgan fingerprint density at radius 1 is 1.10 bits per heavy atom. The van der Waals surface area contributed by atoms with E-state index in [-0.39, 0.29) is 50.5 Å². The Morgan fingerprint density at radius 2 is 1.10 bits per heavy atom. The Labute approximate surface area is 91.0 Å². The van der Waals surface area contributed by atoms with Crippen LogP contribution in [-0.2, 0) is 19.5 Å². The quantitative estimate of drug-likeness (QED) is 0.244. The molecule has 52 valence electrons. The van der Waals surface area contributed by atoms with Gasteiger partial charge < -0.3 is 11.8 Å². The standard InChI is InChI=1S/2HNO3.Na.Zn.H/c2*2-1(3)4;;;/h2*(H,2,3,4);;;/q;;+1;;-1. The first-order chi connectivity index (χ1) is 3.46. The summed E-state index contributed by atoms with van der Waals surface area (Å²) >= 11 is 0. The third-order valence-corrected chi connectivity index (χ3v) is 0. The summed E-state index contributed by atoms with van der Waals surface area (Å²) in [5.74, 6) is 0. The topological polar surface area (TPSA) is 127 Å². The molecular weight excluding hydrogens is 212 g/mol. The van der Waals surface area contributed by atoms with E-state index < -0.39 is 10.2 Å². The fraction of sp³-hybridized carbons (Fsp3) is 0. The van der Waals surface area contributed by atoms with Gasteiger partial charge in [-0.15, -0.1) is 20.2 Å². The van der Waals surface area contributed by atoms with Crippen LogP contribution in [0.15, 0.2) is 0 Å². The van der Waals surface area contributed by atoms with Crippen molar-refractivity contribution in [2.45, 2.75) is 0 Å². The van der Waals surface area contributed by atoms with Crippen LogP contribution in [0.2, 0.25) is 0 Å².